The molecule has 2 aromatic rings. The molecule has 0 bridgehead atoms. The van der Waals surface area contributed by atoms with E-state index < -0.39 is 5.82 Å². The second-order valence-electron chi connectivity index (χ2n) is 3.15. The first-order valence-corrected chi connectivity index (χ1v) is 4.36. The third-order valence-corrected chi connectivity index (χ3v) is 2.23. The molecule has 0 saturated carbocycles. The van der Waals surface area contributed by atoms with Crippen molar-refractivity contribution in [2.45, 2.75) is 6.92 Å². The van der Waals surface area contributed by atoms with Crippen molar-refractivity contribution in [2.75, 3.05) is 0 Å². The van der Waals surface area contributed by atoms with Crippen LogP contribution in [0, 0.1) is 17.1 Å². The van der Waals surface area contributed by atoms with Gasteiger partial charge < -0.3 is 0 Å². The Morgan fingerprint density at radius 1 is 1.47 bits per heavy atom. The Hall–Kier alpha value is -2.15. The molecule has 2 rings (SSSR count). The van der Waals surface area contributed by atoms with Gasteiger partial charge >= 0.3 is 0 Å². The smallest absolute Gasteiger partial charge is 0.229 e. The fourth-order valence-corrected chi connectivity index (χ4v) is 1.63. The van der Waals surface area contributed by atoms with Gasteiger partial charge in [-0.25, -0.2) is 4.39 Å². The van der Waals surface area contributed by atoms with Crippen LogP contribution in [0.4, 0.5) is 4.39 Å². The van der Waals surface area contributed by atoms with Crippen molar-refractivity contribution in [2.24, 2.45) is 0 Å². The number of carbonyl (C=O) groups excluding carboxylic acids is 1. The van der Waals surface area contributed by atoms with E-state index in [1.165, 1.54) is 6.92 Å². The number of para-hydroxylation sites is 1. The lowest BCUT2D eigenvalue weighted by Gasteiger charge is -1.98. The van der Waals surface area contributed by atoms with Gasteiger partial charge in [0.15, 0.2) is 11.5 Å². The van der Waals surface area contributed by atoms with Crippen LogP contribution in [0.3, 0.4) is 0 Å². The van der Waals surface area contributed by atoms with E-state index in [1.54, 1.807) is 30.3 Å². The highest BCUT2D eigenvalue weighted by Gasteiger charge is 2.18. The van der Waals surface area contributed by atoms with E-state index in [0.717, 1.165) is 4.57 Å². The first kappa shape index (κ1) is 9.41. The van der Waals surface area contributed by atoms with Crippen LogP contribution in [0.15, 0.2) is 24.3 Å². The number of nitriles is 1. The fourth-order valence-electron chi connectivity index (χ4n) is 1.63. The summed E-state index contributed by atoms with van der Waals surface area (Å²) in [6, 6.07) is 8.22. The number of benzene rings is 1. The summed E-state index contributed by atoms with van der Waals surface area (Å²) in [4.78, 5) is 11.3. The van der Waals surface area contributed by atoms with Gasteiger partial charge in [-0.3, -0.25) is 9.36 Å². The molecule has 0 radical (unpaired) electrons. The molecule has 0 N–H and O–H groups in total. The summed E-state index contributed by atoms with van der Waals surface area (Å²) in [5.41, 5.74) is 0.197. The molecular formula is C11H7FN2O. The zero-order valence-electron chi connectivity index (χ0n) is 7.99. The lowest BCUT2D eigenvalue weighted by Crippen LogP contribution is -2.07. The predicted octanol–water partition coefficient (Wildman–Crippen LogP) is 2.31. The zero-order chi connectivity index (χ0) is 11.0. The van der Waals surface area contributed by atoms with Crippen molar-refractivity contribution in [3.05, 3.63) is 35.8 Å². The van der Waals surface area contributed by atoms with Crippen LogP contribution in [0.5, 0.6) is 0 Å². The third kappa shape index (κ3) is 1.21. The van der Waals surface area contributed by atoms with Crippen LogP contribution in [-0.2, 0) is 0 Å². The summed E-state index contributed by atoms with van der Waals surface area (Å²) in [5, 5.41) is 9.08. The average molecular weight is 202 g/mol. The molecule has 0 atom stereocenters. The summed E-state index contributed by atoms with van der Waals surface area (Å²) in [5.74, 6) is -1.00. The predicted molar refractivity (Wildman–Crippen MR) is 52.9 cm³/mol. The SMILES string of the molecule is CC(=O)n1c(C#N)c(F)c2ccccc21. The van der Waals surface area contributed by atoms with E-state index in [2.05, 4.69) is 0 Å². The topological polar surface area (TPSA) is 45.8 Å². The molecule has 3 nitrogen and oxygen atoms in total. The minimum Gasteiger partial charge on any atom is -0.274 e. The number of carbonyl (C=O) groups is 1. The molecule has 1 aromatic heterocycles. The van der Waals surface area contributed by atoms with Crippen LogP contribution >= 0.6 is 0 Å². The minimum absolute atomic E-state index is 0.233. The van der Waals surface area contributed by atoms with Crippen LogP contribution in [-0.4, -0.2) is 10.5 Å². The summed E-state index contributed by atoms with van der Waals surface area (Å²) in [6.45, 7) is 1.30. The number of hydrogen-bond acceptors (Lipinski definition) is 2. The standard InChI is InChI=1S/C11H7FN2O/c1-7(15)14-9-5-3-2-4-8(9)11(12)10(14)6-13/h2-5H,1H3. The van der Waals surface area contributed by atoms with Gasteiger partial charge in [-0.05, 0) is 12.1 Å². The molecule has 0 aliphatic carbocycles. The van der Waals surface area contributed by atoms with Crippen molar-refractivity contribution >= 4 is 16.8 Å². The van der Waals surface area contributed by atoms with E-state index in [0.29, 0.717) is 10.9 Å². The van der Waals surface area contributed by atoms with Crippen molar-refractivity contribution in [3.63, 3.8) is 0 Å². The van der Waals surface area contributed by atoms with Crippen LogP contribution in [0.25, 0.3) is 10.9 Å². The number of aromatic nitrogens is 1. The number of hydrogen-bond donors (Lipinski definition) is 0. The van der Waals surface area contributed by atoms with Crippen molar-refractivity contribution in [1.82, 2.24) is 4.57 Å². The molecule has 0 fully saturated rings. The Balaban J connectivity index is 2.99. The lowest BCUT2D eigenvalue weighted by atomic mass is 10.2. The molecule has 0 saturated heterocycles. The summed E-state index contributed by atoms with van der Waals surface area (Å²) >= 11 is 0. The van der Waals surface area contributed by atoms with Gasteiger partial charge in [0.1, 0.15) is 6.07 Å². The monoisotopic (exact) mass is 202 g/mol. The van der Waals surface area contributed by atoms with E-state index in [4.69, 9.17) is 5.26 Å². The maximum Gasteiger partial charge on any atom is 0.229 e. The summed E-state index contributed by atoms with van der Waals surface area (Å²) in [7, 11) is 0. The Morgan fingerprint density at radius 2 is 2.13 bits per heavy atom. The number of rotatable bonds is 0. The van der Waals surface area contributed by atoms with Gasteiger partial charge in [0.2, 0.25) is 5.91 Å². The molecule has 15 heavy (non-hydrogen) atoms. The summed E-state index contributed by atoms with van der Waals surface area (Å²) in [6.07, 6.45) is 0. The maximum atomic E-state index is 13.7. The molecule has 1 aromatic carbocycles. The van der Waals surface area contributed by atoms with Gasteiger partial charge in [0.05, 0.1) is 5.52 Å². The lowest BCUT2D eigenvalue weighted by molar-refractivity contribution is 0.0940. The van der Waals surface area contributed by atoms with Crippen LogP contribution < -0.4 is 0 Å². The van der Waals surface area contributed by atoms with E-state index >= 15 is 0 Å². The zero-order valence-corrected chi connectivity index (χ0v) is 7.99. The Kier molecular flexibility index (Phi) is 2.01. The molecule has 0 spiro atoms. The molecule has 0 amide bonds. The van der Waals surface area contributed by atoms with Crippen molar-refractivity contribution in [3.8, 4) is 6.07 Å². The Morgan fingerprint density at radius 3 is 2.73 bits per heavy atom. The quantitative estimate of drug-likeness (QED) is 0.658. The highest BCUT2D eigenvalue weighted by Crippen LogP contribution is 2.23. The Bertz CT molecular complexity index is 592. The first-order chi connectivity index (χ1) is 7.16. The largest absolute Gasteiger partial charge is 0.274 e. The normalized spacial score (nSPS) is 10.2. The number of fused-ring (bicyclic) bond motifs is 1. The fraction of sp³-hybridized carbons (Fsp3) is 0.0909. The van der Waals surface area contributed by atoms with Crippen molar-refractivity contribution < 1.29 is 9.18 Å². The van der Waals surface area contributed by atoms with E-state index in [1.807, 2.05) is 0 Å². The second kappa shape index (κ2) is 3.21. The van der Waals surface area contributed by atoms with Gasteiger partial charge in [-0.1, -0.05) is 12.1 Å². The molecular weight excluding hydrogens is 195 g/mol. The molecule has 1 heterocycles. The molecule has 0 aliphatic heterocycles. The molecule has 0 unspecified atom stereocenters. The van der Waals surface area contributed by atoms with Gasteiger partial charge in [0.25, 0.3) is 0 Å². The number of nitrogens with zero attached hydrogens (tertiary/aromatic N) is 2. The van der Waals surface area contributed by atoms with Gasteiger partial charge in [-0.15, -0.1) is 0 Å². The first-order valence-electron chi connectivity index (χ1n) is 4.36. The molecule has 4 heteroatoms. The highest BCUT2D eigenvalue weighted by atomic mass is 19.1. The highest BCUT2D eigenvalue weighted by molar-refractivity contribution is 5.94. The minimum atomic E-state index is -0.636. The molecule has 74 valence electrons. The van der Waals surface area contributed by atoms with Crippen LogP contribution in [0.1, 0.15) is 17.4 Å². The van der Waals surface area contributed by atoms with Crippen molar-refractivity contribution in [1.29, 1.82) is 5.26 Å². The maximum absolute atomic E-state index is 13.7. The Labute approximate surface area is 85.3 Å². The summed E-state index contributed by atoms with van der Waals surface area (Å²) < 4.78 is 14.7. The average Bonchev–Trinajstić information content (AvgIpc) is 2.52. The third-order valence-electron chi connectivity index (χ3n) is 2.23. The van der Waals surface area contributed by atoms with E-state index in [-0.39, 0.29) is 11.6 Å². The van der Waals surface area contributed by atoms with Crippen LogP contribution in [0.2, 0.25) is 0 Å². The molecule has 0 aliphatic rings. The van der Waals surface area contributed by atoms with E-state index in [9.17, 15) is 9.18 Å². The second-order valence-corrected chi connectivity index (χ2v) is 3.15. The van der Waals surface area contributed by atoms with Gasteiger partial charge in [0, 0.05) is 12.3 Å². The van der Waals surface area contributed by atoms with Gasteiger partial charge in [-0.2, -0.15) is 5.26 Å². The number of halogens is 1.